The molecule has 1 aromatic rings. The Kier molecular flexibility index (Phi) is 4.55. The Bertz CT molecular complexity index is 225. The average Bonchev–Trinajstić information content (AvgIpc) is 2.19. The van der Waals surface area contributed by atoms with E-state index in [1.54, 1.807) is 0 Å². The van der Waals surface area contributed by atoms with Gasteiger partial charge in [0, 0.05) is 6.61 Å². The van der Waals surface area contributed by atoms with Crippen LogP contribution in [-0.2, 0) is 17.8 Å². The predicted octanol–water partition coefficient (Wildman–Crippen LogP) is 3.18. The van der Waals surface area contributed by atoms with Crippen LogP contribution in [-0.4, -0.2) is 6.61 Å². The first-order valence-corrected chi connectivity index (χ1v) is 5.02. The van der Waals surface area contributed by atoms with Crippen LogP contribution in [0.3, 0.4) is 0 Å². The molecule has 0 saturated heterocycles. The Labute approximate surface area is 80.7 Å². The summed E-state index contributed by atoms with van der Waals surface area (Å²) in [7, 11) is 0. The number of ether oxygens (including phenoxy) is 1. The summed E-state index contributed by atoms with van der Waals surface area (Å²) in [5.41, 5.74) is 2.66. The van der Waals surface area contributed by atoms with Gasteiger partial charge in [-0.05, 0) is 24.0 Å². The highest BCUT2D eigenvalue weighted by molar-refractivity contribution is 5.21. The van der Waals surface area contributed by atoms with Crippen LogP contribution < -0.4 is 0 Å². The molecule has 0 heterocycles. The lowest BCUT2D eigenvalue weighted by Crippen LogP contribution is -1.93. The van der Waals surface area contributed by atoms with Gasteiger partial charge < -0.3 is 4.74 Å². The zero-order chi connectivity index (χ0) is 9.52. The largest absolute Gasteiger partial charge is 0.377 e. The average molecular weight is 178 g/mol. The van der Waals surface area contributed by atoms with Gasteiger partial charge in [0.1, 0.15) is 0 Å². The molecule has 0 aromatic heterocycles. The second-order valence-electron chi connectivity index (χ2n) is 3.22. The second-order valence-corrected chi connectivity index (χ2v) is 3.22. The van der Waals surface area contributed by atoms with Crippen molar-refractivity contribution in [2.75, 3.05) is 6.61 Å². The van der Waals surface area contributed by atoms with Gasteiger partial charge in [-0.25, -0.2) is 0 Å². The summed E-state index contributed by atoms with van der Waals surface area (Å²) in [4.78, 5) is 0. The summed E-state index contributed by atoms with van der Waals surface area (Å²) < 4.78 is 5.44. The standard InChI is InChI=1S/C12H18O/c1-3-9-13-10-12-7-5-11(4-2)6-8-12/h5-8H,3-4,9-10H2,1-2H3. The molecule has 1 heteroatoms. The lowest BCUT2D eigenvalue weighted by Gasteiger charge is -2.03. The molecule has 0 amide bonds. The van der Waals surface area contributed by atoms with Crippen molar-refractivity contribution >= 4 is 0 Å². The molecule has 1 rings (SSSR count). The monoisotopic (exact) mass is 178 g/mol. The maximum Gasteiger partial charge on any atom is 0.0716 e. The van der Waals surface area contributed by atoms with Gasteiger partial charge in [-0.3, -0.25) is 0 Å². The molecule has 0 bridgehead atoms. The van der Waals surface area contributed by atoms with E-state index < -0.39 is 0 Å². The normalized spacial score (nSPS) is 10.3. The van der Waals surface area contributed by atoms with Crippen LogP contribution in [0.25, 0.3) is 0 Å². The van der Waals surface area contributed by atoms with E-state index in [0.29, 0.717) is 0 Å². The number of benzene rings is 1. The molecule has 0 N–H and O–H groups in total. The van der Waals surface area contributed by atoms with Crippen LogP contribution in [0.15, 0.2) is 24.3 Å². The molecule has 0 aliphatic heterocycles. The van der Waals surface area contributed by atoms with Crippen LogP contribution >= 0.6 is 0 Å². The highest BCUT2D eigenvalue weighted by Gasteiger charge is 1.92. The summed E-state index contributed by atoms with van der Waals surface area (Å²) >= 11 is 0. The van der Waals surface area contributed by atoms with Crippen LogP contribution in [0.4, 0.5) is 0 Å². The third-order valence-electron chi connectivity index (χ3n) is 2.05. The van der Waals surface area contributed by atoms with Crippen molar-refractivity contribution < 1.29 is 4.74 Å². The molecule has 1 aromatic carbocycles. The van der Waals surface area contributed by atoms with Gasteiger partial charge in [0.15, 0.2) is 0 Å². The first-order valence-electron chi connectivity index (χ1n) is 5.02. The maximum absolute atomic E-state index is 5.44. The van der Waals surface area contributed by atoms with Gasteiger partial charge in [0.05, 0.1) is 6.61 Å². The minimum atomic E-state index is 0.748. The summed E-state index contributed by atoms with van der Waals surface area (Å²) in [5, 5.41) is 0. The van der Waals surface area contributed by atoms with Crippen LogP contribution in [0.1, 0.15) is 31.4 Å². The number of aryl methyl sites for hydroxylation is 1. The molecule has 0 aliphatic rings. The topological polar surface area (TPSA) is 9.23 Å². The van der Waals surface area contributed by atoms with E-state index in [9.17, 15) is 0 Å². The van der Waals surface area contributed by atoms with Crippen molar-refractivity contribution in [3.63, 3.8) is 0 Å². The molecule has 0 aliphatic carbocycles. The molecular formula is C12H18O. The lowest BCUT2D eigenvalue weighted by atomic mass is 10.1. The van der Waals surface area contributed by atoms with E-state index in [-0.39, 0.29) is 0 Å². The van der Waals surface area contributed by atoms with Gasteiger partial charge in [-0.1, -0.05) is 38.1 Å². The lowest BCUT2D eigenvalue weighted by molar-refractivity contribution is 0.121. The Balaban J connectivity index is 2.40. The van der Waals surface area contributed by atoms with Crippen LogP contribution in [0.5, 0.6) is 0 Å². The molecular weight excluding hydrogens is 160 g/mol. The molecule has 0 atom stereocenters. The van der Waals surface area contributed by atoms with Crippen molar-refractivity contribution in [1.82, 2.24) is 0 Å². The summed E-state index contributed by atoms with van der Waals surface area (Å²) in [6.45, 7) is 5.90. The number of hydrogen-bond acceptors (Lipinski definition) is 1. The summed E-state index contributed by atoms with van der Waals surface area (Å²) in [5.74, 6) is 0. The Hall–Kier alpha value is -0.820. The number of rotatable bonds is 5. The number of hydrogen-bond donors (Lipinski definition) is 0. The Morgan fingerprint density at radius 3 is 2.15 bits per heavy atom. The highest BCUT2D eigenvalue weighted by atomic mass is 16.5. The van der Waals surface area contributed by atoms with E-state index in [2.05, 4.69) is 38.1 Å². The minimum absolute atomic E-state index is 0.748. The molecule has 13 heavy (non-hydrogen) atoms. The van der Waals surface area contributed by atoms with Crippen molar-refractivity contribution in [1.29, 1.82) is 0 Å². The molecule has 0 fully saturated rings. The fraction of sp³-hybridized carbons (Fsp3) is 0.500. The predicted molar refractivity (Wildman–Crippen MR) is 55.8 cm³/mol. The van der Waals surface area contributed by atoms with E-state index in [4.69, 9.17) is 4.74 Å². The van der Waals surface area contributed by atoms with Gasteiger partial charge in [-0.2, -0.15) is 0 Å². The van der Waals surface area contributed by atoms with Crippen LogP contribution in [0, 0.1) is 0 Å². The molecule has 0 saturated carbocycles. The SMILES string of the molecule is CCCOCc1ccc(CC)cc1. The third-order valence-corrected chi connectivity index (χ3v) is 2.05. The van der Waals surface area contributed by atoms with E-state index in [1.807, 2.05) is 0 Å². The van der Waals surface area contributed by atoms with Gasteiger partial charge in [0.2, 0.25) is 0 Å². The summed E-state index contributed by atoms with van der Waals surface area (Å²) in [6, 6.07) is 8.64. The highest BCUT2D eigenvalue weighted by Crippen LogP contribution is 2.06. The van der Waals surface area contributed by atoms with E-state index in [1.165, 1.54) is 11.1 Å². The molecule has 72 valence electrons. The van der Waals surface area contributed by atoms with Crippen molar-refractivity contribution in [3.8, 4) is 0 Å². The van der Waals surface area contributed by atoms with E-state index >= 15 is 0 Å². The maximum atomic E-state index is 5.44. The quantitative estimate of drug-likeness (QED) is 0.629. The zero-order valence-electron chi connectivity index (χ0n) is 8.55. The van der Waals surface area contributed by atoms with Gasteiger partial charge in [-0.15, -0.1) is 0 Å². The second kappa shape index (κ2) is 5.76. The first-order chi connectivity index (χ1) is 6.36. The fourth-order valence-corrected chi connectivity index (χ4v) is 1.21. The fourth-order valence-electron chi connectivity index (χ4n) is 1.21. The molecule has 0 unspecified atom stereocenters. The van der Waals surface area contributed by atoms with Crippen molar-refractivity contribution in [3.05, 3.63) is 35.4 Å². The smallest absolute Gasteiger partial charge is 0.0716 e. The Morgan fingerprint density at radius 1 is 1.00 bits per heavy atom. The molecule has 0 spiro atoms. The van der Waals surface area contributed by atoms with Crippen molar-refractivity contribution in [2.24, 2.45) is 0 Å². The van der Waals surface area contributed by atoms with Crippen molar-refractivity contribution in [2.45, 2.75) is 33.3 Å². The summed E-state index contributed by atoms with van der Waals surface area (Å²) in [6.07, 6.45) is 2.20. The molecule has 0 radical (unpaired) electrons. The third kappa shape index (κ3) is 3.60. The zero-order valence-corrected chi connectivity index (χ0v) is 8.55. The molecule has 1 nitrogen and oxygen atoms in total. The van der Waals surface area contributed by atoms with Crippen LogP contribution in [0.2, 0.25) is 0 Å². The minimum Gasteiger partial charge on any atom is -0.377 e. The first kappa shape index (κ1) is 10.3. The van der Waals surface area contributed by atoms with E-state index in [0.717, 1.165) is 26.1 Å². The Morgan fingerprint density at radius 2 is 1.62 bits per heavy atom. The van der Waals surface area contributed by atoms with Gasteiger partial charge >= 0.3 is 0 Å². The van der Waals surface area contributed by atoms with Gasteiger partial charge in [0.25, 0.3) is 0 Å².